The molecule has 6 nitrogen and oxygen atoms in total. The number of nitrogen functional groups attached to an aromatic ring is 1. The lowest BCUT2D eigenvalue weighted by molar-refractivity contribution is -0.137. The fraction of sp³-hybridized carbons (Fsp3) is 0.273. The first-order valence-corrected chi connectivity index (χ1v) is 9.85. The van der Waals surface area contributed by atoms with E-state index in [2.05, 4.69) is 15.0 Å². The summed E-state index contributed by atoms with van der Waals surface area (Å²) in [7, 11) is 0. The molecule has 2 aromatic heterocycles. The third-order valence-corrected chi connectivity index (χ3v) is 5.33. The van der Waals surface area contributed by atoms with Crippen molar-refractivity contribution >= 4 is 11.9 Å². The molecule has 0 bridgehead atoms. The Bertz CT molecular complexity index is 1090. The number of likely N-dealkylation sites (tertiary alicyclic amines) is 1. The van der Waals surface area contributed by atoms with E-state index in [1.165, 1.54) is 18.5 Å². The van der Waals surface area contributed by atoms with Crippen LogP contribution < -0.4 is 5.73 Å². The van der Waals surface area contributed by atoms with Crippen molar-refractivity contribution in [1.29, 1.82) is 0 Å². The maximum absolute atomic E-state index is 13.2. The highest BCUT2D eigenvalue weighted by molar-refractivity contribution is 5.94. The molecule has 0 radical (unpaired) electrons. The number of hydrogen-bond acceptors (Lipinski definition) is 5. The molecule has 0 saturated carbocycles. The van der Waals surface area contributed by atoms with Crippen molar-refractivity contribution in [2.45, 2.75) is 31.5 Å². The molecule has 1 amide bonds. The minimum absolute atomic E-state index is 0.00470. The number of hydrogen-bond donors (Lipinski definition) is 1. The fourth-order valence-electron chi connectivity index (χ4n) is 3.86. The van der Waals surface area contributed by atoms with Crippen LogP contribution in [0.2, 0.25) is 0 Å². The number of aromatic nitrogens is 3. The molecule has 1 aromatic carbocycles. The standard InChI is InChI=1S/C22H20F3N5O/c23-22(24,25)16-7-3-5-14(11-16)17-13-28-21(26)29-19(17)18-8-1-2-10-30(18)20(31)15-6-4-9-27-12-15/h3-7,9,11-13,18H,1-2,8,10H2,(H2,26,28,29). The Morgan fingerprint density at radius 3 is 2.71 bits per heavy atom. The molecule has 1 fully saturated rings. The van der Waals surface area contributed by atoms with Crippen LogP contribution in [0.3, 0.4) is 0 Å². The SMILES string of the molecule is Nc1ncc(-c2cccc(C(F)(F)F)c2)c(C2CCCCN2C(=O)c2cccnc2)n1. The van der Waals surface area contributed by atoms with Crippen molar-refractivity contribution in [1.82, 2.24) is 19.9 Å². The van der Waals surface area contributed by atoms with E-state index in [9.17, 15) is 18.0 Å². The Morgan fingerprint density at radius 1 is 1.13 bits per heavy atom. The smallest absolute Gasteiger partial charge is 0.368 e. The van der Waals surface area contributed by atoms with Crippen molar-refractivity contribution in [3.05, 3.63) is 71.8 Å². The van der Waals surface area contributed by atoms with E-state index in [1.807, 2.05) is 0 Å². The first-order chi connectivity index (χ1) is 14.8. The molecule has 1 atom stereocenters. The molecule has 0 aliphatic carbocycles. The predicted molar refractivity (Wildman–Crippen MR) is 109 cm³/mol. The normalized spacial score (nSPS) is 16.9. The number of nitrogens with two attached hydrogens (primary N) is 1. The van der Waals surface area contributed by atoms with Crippen LogP contribution in [0.5, 0.6) is 0 Å². The average molecular weight is 427 g/mol. The van der Waals surface area contributed by atoms with E-state index in [0.29, 0.717) is 35.3 Å². The maximum atomic E-state index is 13.2. The Kier molecular flexibility index (Phi) is 5.58. The lowest BCUT2D eigenvalue weighted by Gasteiger charge is -2.36. The van der Waals surface area contributed by atoms with Crippen LogP contribution in [0.25, 0.3) is 11.1 Å². The van der Waals surface area contributed by atoms with E-state index in [-0.39, 0.29) is 11.9 Å². The van der Waals surface area contributed by atoms with Crippen molar-refractivity contribution in [2.24, 2.45) is 0 Å². The topological polar surface area (TPSA) is 85.0 Å². The van der Waals surface area contributed by atoms with Gasteiger partial charge in [-0.3, -0.25) is 9.78 Å². The molecule has 3 heterocycles. The Morgan fingerprint density at radius 2 is 1.97 bits per heavy atom. The van der Waals surface area contributed by atoms with Gasteiger partial charge in [0.1, 0.15) is 0 Å². The van der Waals surface area contributed by atoms with Gasteiger partial charge in [-0.15, -0.1) is 0 Å². The highest BCUT2D eigenvalue weighted by Crippen LogP contribution is 2.38. The van der Waals surface area contributed by atoms with Gasteiger partial charge in [0.25, 0.3) is 5.91 Å². The van der Waals surface area contributed by atoms with Crippen LogP contribution in [0, 0.1) is 0 Å². The van der Waals surface area contributed by atoms with Crippen molar-refractivity contribution in [3.8, 4) is 11.1 Å². The molecular formula is C22H20F3N5O. The summed E-state index contributed by atoms with van der Waals surface area (Å²) >= 11 is 0. The second-order valence-electron chi connectivity index (χ2n) is 7.36. The molecule has 9 heteroatoms. The number of nitrogens with zero attached hydrogens (tertiary/aromatic N) is 4. The van der Waals surface area contributed by atoms with Crippen LogP contribution in [0.4, 0.5) is 19.1 Å². The summed E-state index contributed by atoms with van der Waals surface area (Å²) in [5.41, 5.74) is 6.70. The number of rotatable bonds is 3. The lowest BCUT2D eigenvalue weighted by Crippen LogP contribution is -2.39. The van der Waals surface area contributed by atoms with Crippen molar-refractivity contribution < 1.29 is 18.0 Å². The quantitative estimate of drug-likeness (QED) is 0.665. The summed E-state index contributed by atoms with van der Waals surface area (Å²) in [6.45, 7) is 0.504. The first kappa shape index (κ1) is 20.8. The summed E-state index contributed by atoms with van der Waals surface area (Å²) in [5.74, 6) is -0.199. The van der Waals surface area contributed by atoms with Gasteiger partial charge in [-0.25, -0.2) is 9.97 Å². The Balaban J connectivity index is 1.78. The minimum Gasteiger partial charge on any atom is -0.368 e. The highest BCUT2D eigenvalue weighted by atomic mass is 19.4. The van der Waals surface area contributed by atoms with Crippen LogP contribution in [-0.2, 0) is 6.18 Å². The third kappa shape index (κ3) is 4.35. The van der Waals surface area contributed by atoms with Gasteiger partial charge in [-0.05, 0) is 49.1 Å². The number of halogens is 3. The second kappa shape index (κ2) is 8.33. The van der Waals surface area contributed by atoms with E-state index in [4.69, 9.17) is 5.73 Å². The molecule has 1 saturated heterocycles. The van der Waals surface area contributed by atoms with E-state index in [1.54, 1.807) is 29.3 Å². The van der Waals surface area contributed by atoms with Gasteiger partial charge in [-0.2, -0.15) is 13.2 Å². The average Bonchev–Trinajstić information content (AvgIpc) is 2.78. The number of anilines is 1. The lowest BCUT2D eigenvalue weighted by atomic mass is 9.92. The molecule has 31 heavy (non-hydrogen) atoms. The van der Waals surface area contributed by atoms with Crippen LogP contribution in [0.15, 0.2) is 55.0 Å². The largest absolute Gasteiger partial charge is 0.416 e. The summed E-state index contributed by atoms with van der Waals surface area (Å²) in [6, 6.07) is 7.93. The van der Waals surface area contributed by atoms with Gasteiger partial charge in [0.05, 0.1) is 22.9 Å². The van der Waals surface area contributed by atoms with Crippen LogP contribution >= 0.6 is 0 Å². The summed E-state index contributed by atoms with van der Waals surface area (Å²) in [4.78, 5) is 27.2. The zero-order valence-electron chi connectivity index (χ0n) is 16.5. The zero-order valence-corrected chi connectivity index (χ0v) is 16.5. The van der Waals surface area contributed by atoms with Gasteiger partial charge < -0.3 is 10.6 Å². The predicted octanol–water partition coefficient (Wildman–Crippen LogP) is 4.51. The molecular weight excluding hydrogens is 407 g/mol. The molecule has 2 N–H and O–H groups in total. The second-order valence-corrected chi connectivity index (χ2v) is 7.36. The number of amides is 1. The van der Waals surface area contributed by atoms with Gasteiger partial charge in [0.2, 0.25) is 5.95 Å². The molecule has 1 aliphatic rings. The maximum Gasteiger partial charge on any atom is 0.416 e. The van der Waals surface area contributed by atoms with E-state index < -0.39 is 17.8 Å². The fourth-order valence-corrected chi connectivity index (χ4v) is 3.86. The Labute approximate surface area is 177 Å². The molecule has 0 spiro atoms. The van der Waals surface area contributed by atoms with Crippen molar-refractivity contribution in [3.63, 3.8) is 0 Å². The van der Waals surface area contributed by atoms with Gasteiger partial charge in [-0.1, -0.05) is 12.1 Å². The summed E-state index contributed by atoms with van der Waals surface area (Å²) in [5, 5.41) is 0. The number of benzene rings is 1. The van der Waals surface area contributed by atoms with E-state index in [0.717, 1.165) is 25.0 Å². The highest BCUT2D eigenvalue weighted by Gasteiger charge is 2.33. The monoisotopic (exact) mass is 427 g/mol. The third-order valence-electron chi connectivity index (χ3n) is 5.33. The molecule has 3 aromatic rings. The number of pyridine rings is 1. The van der Waals surface area contributed by atoms with Gasteiger partial charge >= 0.3 is 6.18 Å². The molecule has 1 aliphatic heterocycles. The van der Waals surface area contributed by atoms with Gasteiger partial charge in [0.15, 0.2) is 0 Å². The summed E-state index contributed by atoms with van der Waals surface area (Å²) < 4.78 is 39.7. The first-order valence-electron chi connectivity index (χ1n) is 9.85. The number of carbonyl (C=O) groups excluding carboxylic acids is 1. The minimum atomic E-state index is -4.47. The Hall–Kier alpha value is -3.49. The number of alkyl halides is 3. The number of carbonyl (C=O) groups is 1. The van der Waals surface area contributed by atoms with Crippen LogP contribution in [0.1, 0.15) is 46.9 Å². The van der Waals surface area contributed by atoms with Crippen LogP contribution in [-0.4, -0.2) is 32.3 Å². The van der Waals surface area contributed by atoms with Gasteiger partial charge in [0, 0.05) is 30.7 Å². The van der Waals surface area contributed by atoms with Crippen molar-refractivity contribution in [2.75, 3.05) is 12.3 Å². The zero-order chi connectivity index (χ0) is 22.0. The molecule has 160 valence electrons. The summed E-state index contributed by atoms with van der Waals surface area (Å²) in [6.07, 6.45) is 2.33. The number of piperidine rings is 1. The molecule has 1 unspecified atom stereocenters. The molecule has 4 rings (SSSR count). The van der Waals surface area contributed by atoms with E-state index >= 15 is 0 Å².